The molecule has 0 aliphatic carbocycles. The Balaban J connectivity index is 0.000000532. The van der Waals surface area contributed by atoms with Crippen LogP contribution in [0.25, 0.3) is 0 Å². The van der Waals surface area contributed by atoms with Crippen LogP contribution in [0, 0.1) is 5.82 Å². The van der Waals surface area contributed by atoms with Crippen molar-refractivity contribution >= 4 is 44.6 Å². The maximum Gasteiger partial charge on any atom is 0.490 e. The number of rotatable bonds is 7. The van der Waals surface area contributed by atoms with Gasteiger partial charge in [-0.15, -0.1) is 11.3 Å². The maximum atomic E-state index is 13.4. The first-order valence-electron chi connectivity index (χ1n) is 11.4. The van der Waals surface area contributed by atoms with Crippen LogP contribution < -0.4 is 20.3 Å². The summed E-state index contributed by atoms with van der Waals surface area (Å²) in [6.07, 6.45) is -5.08. The van der Waals surface area contributed by atoms with E-state index in [4.69, 9.17) is 9.90 Å². The number of alkyl halides is 3. The first-order chi connectivity index (χ1) is 18.4. The standard InChI is InChI=1S/C22H23FN4O3S2.C2HF3O2/c23-18-4-1-3-16(13-18)15-25-22(28)17-6-7-20(27-10-8-24-9-11-27)19(14-17)26-32(29,30)21-5-2-12-31-21;3-2(4,5)1(6)7/h1-7,12-14,24,26H,8-11,15H2,(H,25,28);(H,6,7). The molecule has 0 radical (unpaired) electrons. The molecule has 1 saturated heterocycles. The van der Waals surface area contributed by atoms with E-state index in [1.807, 2.05) is 0 Å². The van der Waals surface area contributed by atoms with Crippen molar-refractivity contribution in [3.63, 3.8) is 0 Å². The molecule has 0 unspecified atom stereocenters. The molecule has 9 nitrogen and oxygen atoms in total. The summed E-state index contributed by atoms with van der Waals surface area (Å²) in [5.74, 6) is -3.51. The minimum absolute atomic E-state index is 0.159. The highest BCUT2D eigenvalue weighted by Crippen LogP contribution is 2.31. The molecule has 39 heavy (non-hydrogen) atoms. The Morgan fingerprint density at radius 2 is 1.74 bits per heavy atom. The lowest BCUT2D eigenvalue weighted by Crippen LogP contribution is -2.43. The Hall–Kier alpha value is -3.69. The molecule has 0 saturated carbocycles. The second-order valence-electron chi connectivity index (χ2n) is 8.12. The molecule has 0 bridgehead atoms. The third-order valence-electron chi connectivity index (χ3n) is 5.31. The van der Waals surface area contributed by atoms with Crippen molar-refractivity contribution in [2.24, 2.45) is 0 Å². The average molecular weight is 589 g/mol. The number of sulfonamides is 1. The van der Waals surface area contributed by atoms with Gasteiger partial charge in [-0.3, -0.25) is 9.52 Å². The summed E-state index contributed by atoms with van der Waals surface area (Å²) >= 11 is 1.12. The average Bonchev–Trinajstić information content (AvgIpc) is 3.44. The largest absolute Gasteiger partial charge is 0.490 e. The topological polar surface area (TPSA) is 128 Å². The van der Waals surface area contributed by atoms with Crippen LogP contribution in [0.2, 0.25) is 0 Å². The molecule has 4 N–H and O–H groups in total. The van der Waals surface area contributed by atoms with Gasteiger partial charge < -0.3 is 20.6 Å². The number of carbonyl (C=O) groups is 2. The number of carbonyl (C=O) groups excluding carboxylic acids is 1. The Morgan fingerprint density at radius 1 is 1.05 bits per heavy atom. The number of hydrogen-bond acceptors (Lipinski definition) is 7. The highest BCUT2D eigenvalue weighted by molar-refractivity contribution is 7.94. The summed E-state index contributed by atoms with van der Waals surface area (Å²) in [4.78, 5) is 23.7. The van der Waals surface area contributed by atoms with E-state index >= 15 is 0 Å². The summed E-state index contributed by atoms with van der Waals surface area (Å²) < 4.78 is 73.7. The third kappa shape index (κ3) is 8.66. The molecule has 0 atom stereocenters. The smallest absolute Gasteiger partial charge is 0.475 e. The molecule has 2 heterocycles. The fourth-order valence-corrected chi connectivity index (χ4v) is 5.54. The molecule has 3 aromatic rings. The zero-order valence-electron chi connectivity index (χ0n) is 20.2. The summed E-state index contributed by atoms with van der Waals surface area (Å²) in [6.45, 7) is 3.17. The molecule has 15 heteroatoms. The molecule has 2 aromatic carbocycles. The zero-order valence-corrected chi connectivity index (χ0v) is 21.8. The predicted octanol–water partition coefficient (Wildman–Crippen LogP) is 3.66. The molecule has 1 aliphatic rings. The van der Waals surface area contributed by atoms with E-state index in [-0.39, 0.29) is 22.5 Å². The number of hydrogen-bond donors (Lipinski definition) is 4. The van der Waals surface area contributed by atoms with Crippen LogP contribution in [0.3, 0.4) is 0 Å². The molecule has 1 aromatic heterocycles. The van der Waals surface area contributed by atoms with Crippen molar-refractivity contribution in [1.29, 1.82) is 0 Å². The first kappa shape index (κ1) is 29.9. The van der Waals surface area contributed by atoms with Crippen LogP contribution >= 0.6 is 11.3 Å². The van der Waals surface area contributed by atoms with E-state index in [9.17, 15) is 30.8 Å². The van der Waals surface area contributed by atoms with Gasteiger partial charge in [0.15, 0.2) is 0 Å². The normalized spacial score (nSPS) is 13.7. The zero-order chi connectivity index (χ0) is 28.6. The SMILES string of the molecule is O=C(NCc1cccc(F)c1)c1ccc(N2CCNCC2)c(NS(=O)(=O)c2cccs2)c1.O=C(O)C(F)(F)F. The van der Waals surface area contributed by atoms with E-state index in [1.54, 1.807) is 41.8 Å². The number of carboxylic acid groups (broad SMARTS) is 1. The number of amides is 1. The number of thiophene rings is 1. The van der Waals surface area contributed by atoms with Crippen LogP contribution in [0.5, 0.6) is 0 Å². The molecule has 210 valence electrons. The van der Waals surface area contributed by atoms with Gasteiger partial charge in [0.05, 0.1) is 11.4 Å². The van der Waals surface area contributed by atoms with Crippen molar-refractivity contribution in [3.05, 3.63) is 76.9 Å². The van der Waals surface area contributed by atoms with Gasteiger partial charge in [0, 0.05) is 38.3 Å². The summed E-state index contributed by atoms with van der Waals surface area (Å²) in [7, 11) is -3.78. The van der Waals surface area contributed by atoms with Crippen molar-refractivity contribution in [1.82, 2.24) is 10.6 Å². The quantitative estimate of drug-likeness (QED) is 0.310. The highest BCUT2D eigenvalue weighted by atomic mass is 32.2. The van der Waals surface area contributed by atoms with E-state index in [2.05, 4.69) is 20.3 Å². The lowest BCUT2D eigenvalue weighted by Gasteiger charge is -2.31. The lowest BCUT2D eigenvalue weighted by molar-refractivity contribution is -0.192. The number of carboxylic acids is 1. The number of anilines is 2. The number of nitrogens with one attached hydrogen (secondary N) is 3. The van der Waals surface area contributed by atoms with E-state index < -0.39 is 22.2 Å². The van der Waals surface area contributed by atoms with Gasteiger partial charge in [-0.25, -0.2) is 17.6 Å². The number of aliphatic carboxylic acids is 1. The van der Waals surface area contributed by atoms with Crippen molar-refractivity contribution in [2.75, 3.05) is 35.8 Å². The molecule has 1 amide bonds. The van der Waals surface area contributed by atoms with Crippen LogP contribution in [-0.2, 0) is 21.4 Å². The van der Waals surface area contributed by atoms with E-state index in [0.717, 1.165) is 37.5 Å². The van der Waals surface area contributed by atoms with Crippen LogP contribution in [0.4, 0.5) is 28.9 Å². The Kier molecular flexibility index (Phi) is 9.88. The molecular weight excluding hydrogens is 564 g/mol. The molecule has 0 spiro atoms. The van der Waals surface area contributed by atoms with Crippen molar-refractivity contribution in [2.45, 2.75) is 16.9 Å². The minimum Gasteiger partial charge on any atom is -0.475 e. The van der Waals surface area contributed by atoms with Crippen LogP contribution in [0.15, 0.2) is 64.2 Å². The summed E-state index contributed by atoms with van der Waals surface area (Å²) in [6, 6.07) is 14.2. The second-order valence-corrected chi connectivity index (χ2v) is 11.0. The third-order valence-corrected chi connectivity index (χ3v) is 8.07. The van der Waals surface area contributed by atoms with Gasteiger partial charge >= 0.3 is 12.1 Å². The molecular formula is C24H24F4N4O5S2. The molecule has 1 fully saturated rings. The monoisotopic (exact) mass is 588 g/mol. The Labute approximate surface area is 225 Å². The maximum absolute atomic E-state index is 13.4. The summed E-state index contributed by atoms with van der Waals surface area (Å²) in [5.41, 5.74) is 2.01. The highest BCUT2D eigenvalue weighted by Gasteiger charge is 2.38. The Bertz CT molecular complexity index is 1390. The number of nitrogens with zero attached hydrogens (tertiary/aromatic N) is 1. The number of piperazine rings is 1. The first-order valence-corrected chi connectivity index (χ1v) is 13.7. The Morgan fingerprint density at radius 3 is 2.33 bits per heavy atom. The van der Waals surface area contributed by atoms with Crippen molar-refractivity contribution < 1.29 is 40.7 Å². The fourth-order valence-electron chi connectivity index (χ4n) is 3.48. The van der Waals surface area contributed by atoms with E-state index in [0.29, 0.717) is 22.5 Å². The number of benzene rings is 2. The van der Waals surface area contributed by atoms with Gasteiger partial charge in [0.25, 0.3) is 15.9 Å². The molecule has 4 rings (SSSR count). The second kappa shape index (κ2) is 12.9. The van der Waals surface area contributed by atoms with Crippen LogP contribution in [0.1, 0.15) is 15.9 Å². The molecule has 1 aliphatic heterocycles. The minimum atomic E-state index is -5.08. The lowest BCUT2D eigenvalue weighted by atomic mass is 10.1. The van der Waals surface area contributed by atoms with E-state index in [1.165, 1.54) is 18.2 Å². The van der Waals surface area contributed by atoms with Gasteiger partial charge in [0.2, 0.25) is 0 Å². The number of halogens is 4. The van der Waals surface area contributed by atoms with Gasteiger partial charge in [-0.2, -0.15) is 13.2 Å². The summed E-state index contributed by atoms with van der Waals surface area (Å²) in [5, 5.41) is 14.8. The van der Waals surface area contributed by atoms with Gasteiger partial charge in [-0.1, -0.05) is 18.2 Å². The van der Waals surface area contributed by atoms with Crippen LogP contribution in [-0.4, -0.2) is 57.8 Å². The van der Waals surface area contributed by atoms with Gasteiger partial charge in [0.1, 0.15) is 10.0 Å². The van der Waals surface area contributed by atoms with Crippen molar-refractivity contribution in [3.8, 4) is 0 Å². The predicted molar refractivity (Wildman–Crippen MR) is 138 cm³/mol. The fraction of sp³-hybridized carbons (Fsp3) is 0.250. The van der Waals surface area contributed by atoms with Gasteiger partial charge in [-0.05, 0) is 47.3 Å².